The van der Waals surface area contributed by atoms with Gasteiger partial charge in [-0.1, -0.05) is 434 Å². The maximum Gasteiger partial charge on any atom is 0.472 e. The number of aliphatic hydroxyl groups excluding tert-OH is 2. The van der Waals surface area contributed by atoms with Crippen molar-refractivity contribution in [3.63, 3.8) is 0 Å². The van der Waals surface area contributed by atoms with E-state index >= 15 is 0 Å². The average molecular weight is 1810 g/mol. The topological polar surface area (TPSA) is 231 Å². The van der Waals surface area contributed by atoms with Gasteiger partial charge in [-0.15, -0.1) is 0 Å². The number of unbranched alkanes of at least 4 members (excludes halogenated alkanes) is 40. The molecule has 4 N–H and O–H groups in total. The molecular weight excluding hydrogens is 1630 g/mol. The van der Waals surface area contributed by atoms with Gasteiger partial charge in [0.2, 0.25) is 0 Å². The summed E-state index contributed by atoms with van der Waals surface area (Å²) in [7, 11) is -9.82. The van der Waals surface area contributed by atoms with E-state index < -0.39 is 91.5 Å². The van der Waals surface area contributed by atoms with Crippen molar-refractivity contribution in [3.8, 4) is 0 Å². The maximum absolute atomic E-state index is 13.1. The minimum Gasteiger partial charge on any atom is -0.463 e. The van der Waals surface area contributed by atoms with Gasteiger partial charge in [-0.3, -0.25) is 32.5 Å². The van der Waals surface area contributed by atoms with Crippen LogP contribution in [0, 0.1) is 0 Å². The first-order chi connectivity index (χ1) is 62.2. The summed E-state index contributed by atoms with van der Waals surface area (Å²) in [5.74, 6) is -1.57. The van der Waals surface area contributed by atoms with Crippen molar-refractivity contribution in [1.29, 1.82) is 0 Å². The summed E-state index contributed by atoms with van der Waals surface area (Å²) in [4.78, 5) is 59.2. The van der Waals surface area contributed by atoms with Crippen molar-refractivity contribution < 1.29 is 75.8 Å². The third kappa shape index (κ3) is 101. The predicted octanol–water partition coefficient (Wildman–Crippen LogP) is 32.1. The van der Waals surface area contributed by atoms with Crippen LogP contribution in [0.25, 0.3) is 0 Å². The van der Waals surface area contributed by atoms with Gasteiger partial charge in [0.25, 0.3) is 0 Å². The number of aliphatic hydroxyl groups is 2. The largest absolute Gasteiger partial charge is 0.472 e. The van der Waals surface area contributed by atoms with Gasteiger partial charge in [0.05, 0.1) is 26.4 Å². The zero-order valence-electron chi connectivity index (χ0n) is 80.4. The Balaban J connectivity index is 4.62. The van der Waals surface area contributed by atoms with E-state index in [9.17, 15) is 43.5 Å². The number of carbonyl (C=O) groups excluding carboxylic acids is 3. The molecule has 0 fully saturated rings. The Kier molecular flexibility index (Phi) is 95.0. The standard InChI is InChI=1S/C109H184O16P2/c1-4-7-10-13-16-19-22-25-28-31-34-37-40-43-46-49-50-51-52-55-57-59-62-65-68-71-74-77-80-83-86-89-92-95-107(112)119-98-104(110)99-121-126(115,116)122-100-105(111)101-123-127(117,118)124-103-106(125-109(114)97-94-91-88-85-82-79-76-73-70-67-64-61-58-54-48-45-42-39-36-33-30-27-24-21-18-15-12-9-6-3)102-120-108(113)96-93-90-87-84-81-78-75-72-69-66-63-60-56-53-47-44-41-38-35-32-29-26-23-20-17-14-11-8-5-2/h7-12,16-21,25-30,34-39,43-48,50-51,104-106,110-111H,4-6,13-15,22-24,31-33,40-42,49,52-103H2,1-3H3,(H,115,116)(H,117,118)/b10-7-,11-8-,12-9-,19-16-,20-17-,21-18-,28-25-,29-26-,30-27-,37-34-,38-35-,39-36-,46-43-,47-44-,48-45-,51-50-. The number of esters is 3. The predicted molar refractivity (Wildman–Crippen MR) is 537 cm³/mol. The lowest BCUT2D eigenvalue weighted by atomic mass is 10.0. The first kappa shape index (κ1) is 121. The highest BCUT2D eigenvalue weighted by Crippen LogP contribution is 2.45. The number of rotatable bonds is 95. The molecule has 0 saturated heterocycles. The van der Waals surface area contributed by atoms with Gasteiger partial charge in [0.1, 0.15) is 25.4 Å². The monoisotopic (exact) mass is 1810 g/mol. The number of hydrogen-bond acceptors (Lipinski definition) is 14. The van der Waals surface area contributed by atoms with Crippen molar-refractivity contribution in [3.05, 3.63) is 194 Å². The third-order valence-corrected chi connectivity index (χ3v) is 23.2. The molecule has 0 rings (SSSR count). The number of carbonyl (C=O) groups is 3. The molecule has 0 radical (unpaired) electrons. The SMILES string of the molecule is CC/C=C\C/C=C\C/C=C\C/C=C\C/C=C\C/C=C\CCCCCCCCCCCCCCCCC(=O)OCC(O)COP(=O)(O)OCC(O)COP(=O)(O)OCC(COC(=O)CCCCCCCCCCCCCCC/C=C\C/C=C\C/C=C\C/C=C\C/C=C\CC)OC(=O)CCCCCCCCCCCCCCC/C=C\C/C=C\C/C=C\C/C=C\C/C=C\CC. The maximum atomic E-state index is 13.1. The van der Waals surface area contributed by atoms with Crippen LogP contribution in [-0.4, -0.2) is 95.9 Å². The van der Waals surface area contributed by atoms with E-state index in [0.29, 0.717) is 19.3 Å². The second-order valence-electron chi connectivity index (χ2n) is 33.5. The van der Waals surface area contributed by atoms with E-state index in [4.69, 9.17) is 32.3 Å². The molecular formula is C109H184O16P2. The Morgan fingerprint density at radius 3 is 0.622 bits per heavy atom. The number of phosphoric acid groups is 2. The van der Waals surface area contributed by atoms with Gasteiger partial charge in [0.15, 0.2) is 6.10 Å². The Hall–Kier alpha value is -5.61. The summed E-state index contributed by atoms with van der Waals surface area (Å²) < 4.78 is 61.7. The fourth-order valence-corrected chi connectivity index (χ4v) is 15.3. The number of allylic oxidation sites excluding steroid dienone is 32. The van der Waals surface area contributed by atoms with Crippen LogP contribution in [0.1, 0.15) is 419 Å². The third-order valence-electron chi connectivity index (χ3n) is 21.3. The molecule has 0 amide bonds. The highest BCUT2D eigenvalue weighted by Gasteiger charge is 2.30. The molecule has 5 atom stereocenters. The normalized spacial score (nSPS) is 14.5. The van der Waals surface area contributed by atoms with Crippen LogP contribution in [0.3, 0.4) is 0 Å². The second kappa shape index (κ2) is 99.4. The molecule has 0 aromatic rings. The molecule has 0 saturated carbocycles. The zero-order valence-corrected chi connectivity index (χ0v) is 82.2. The molecule has 18 heteroatoms. The van der Waals surface area contributed by atoms with E-state index in [1.165, 1.54) is 167 Å². The summed E-state index contributed by atoms with van der Waals surface area (Å²) in [5, 5.41) is 20.8. The molecule has 0 aliphatic rings. The van der Waals surface area contributed by atoms with Gasteiger partial charge in [-0.05, 0) is 161 Å². The van der Waals surface area contributed by atoms with Crippen molar-refractivity contribution >= 4 is 33.6 Å². The molecule has 0 aliphatic heterocycles. The Bertz CT molecular complexity index is 3090. The molecule has 0 aromatic heterocycles. The summed E-state index contributed by atoms with van der Waals surface area (Å²) in [6, 6.07) is 0. The van der Waals surface area contributed by atoms with Crippen LogP contribution in [0.4, 0.5) is 0 Å². The van der Waals surface area contributed by atoms with Crippen LogP contribution < -0.4 is 0 Å². The van der Waals surface area contributed by atoms with Crippen molar-refractivity contribution in [2.75, 3.05) is 39.6 Å². The van der Waals surface area contributed by atoms with Crippen LogP contribution in [0.15, 0.2) is 194 Å². The molecule has 5 unspecified atom stereocenters. The van der Waals surface area contributed by atoms with E-state index in [1.807, 2.05) is 0 Å². The van der Waals surface area contributed by atoms with E-state index in [0.717, 1.165) is 193 Å². The highest BCUT2D eigenvalue weighted by molar-refractivity contribution is 7.47. The second-order valence-corrected chi connectivity index (χ2v) is 36.4. The fourth-order valence-electron chi connectivity index (χ4n) is 13.8. The molecule has 0 heterocycles. The van der Waals surface area contributed by atoms with Crippen LogP contribution in [0.2, 0.25) is 0 Å². The number of phosphoric ester groups is 2. The Labute approximate surface area is 776 Å². The van der Waals surface area contributed by atoms with Crippen molar-refractivity contribution in [2.45, 2.75) is 437 Å². The molecule has 127 heavy (non-hydrogen) atoms. The van der Waals surface area contributed by atoms with Crippen molar-refractivity contribution in [1.82, 2.24) is 0 Å². The van der Waals surface area contributed by atoms with Gasteiger partial charge in [-0.2, -0.15) is 0 Å². The molecule has 0 spiro atoms. The lowest BCUT2D eigenvalue weighted by Gasteiger charge is -2.21. The van der Waals surface area contributed by atoms with Crippen LogP contribution in [-0.2, 0) is 55.8 Å². The summed E-state index contributed by atoms with van der Waals surface area (Å²) in [6.45, 7) is 2.40. The fraction of sp³-hybridized carbons (Fsp3) is 0.679. The Morgan fingerprint density at radius 2 is 0.394 bits per heavy atom. The van der Waals surface area contributed by atoms with E-state index in [-0.39, 0.29) is 19.3 Å². The molecule has 16 nitrogen and oxygen atoms in total. The van der Waals surface area contributed by atoms with Gasteiger partial charge in [-0.25, -0.2) is 9.13 Å². The van der Waals surface area contributed by atoms with E-state index in [2.05, 4.69) is 215 Å². The lowest BCUT2D eigenvalue weighted by molar-refractivity contribution is -0.161. The highest BCUT2D eigenvalue weighted by atomic mass is 31.2. The summed E-state index contributed by atoms with van der Waals surface area (Å²) in [6.07, 6.45) is 133. The number of hydrogen-bond donors (Lipinski definition) is 4. The minimum atomic E-state index is -4.95. The lowest BCUT2D eigenvalue weighted by Crippen LogP contribution is -2.30. The average Bonchev–Trinajstić information content (AvgIpc) is 0.902. The van der Waals surface area contributed by atoms with Crippen LogP contribution in [0.5, 0.6) is 0 Å². The van der Waals surface area contributed by atoms with Crippen molar-refractivity contribution in [2.24, 2.45) is 0 Å². The Morgan fingerprint density at radius 1 is 0.220 bits per heavy atom. The minimum absolute atomic E-state index is 0.0983. The van der Waals surface area contributed by atoms with Gasteiger partial charge >= 0.3 is 33.6 Å². The molecule has 0 bridgehead atoms. The first-order valence-corrected chi connectivity index (χ1v) is 53.7. The molecule has 0 aromatic carbocycles. The summed E-state index contributed by atoms with van der Waals surface area (Å²) in [5.41, 5.74) is 0. The molecule has 726 valence electrons. The van der Waals surface area contributed by atoms with Gasteiger partial charge < -0.3 is 34.2 Å². The van der Waals surface area contributed by atoms with Gasteiger partial charge in [0, 0.05) is 19.3 Å². The zero-order chi connectivity index (χ0) is 92.1. The van der Waals surface area contributed by atoms with Crippen LogP contribution >= 0.6 is 15.6 Å². The quantitative estimate of drug-likeness (QED) is 0.0146. The smallest absolute Gasteiger partial charge is 0.463 e. The number of ether oxygens (including phenoxy) is 3. The molecule has 0 aliphatic carbocycles. The first-order valence-electron chi connectivity index (χ1n) is 50.7. The summed E-state index contributed by atoms with van der Waals surface area (Å²) >= 11 is 0. The van der Waals surface area contributed by atoms with E-state index in [1.54, 1.807) is 0 Å².